The first kappa shape index (κ1) is 15.0. The highest BCUT2D eigenvalue weighted by atomic mass is 19.1. The zero-order valence-corrected chi connectivity index (χ0v) is 12.4. The molecular weight excluding hydrogens is 271 g/mol. The van der Waals surface area contributed by atoms with Gasteiger partial charge in [0, 0.05) is 6.54 Å². The van der Waals surface area contributed by atoms with Crippen LogP contribution in [0.5, 0.6) is 0 Å². The Morgan fingerprint density at radius 3 is 2.52 bits per heavy atom. The second-order valence-corrected chi connectivity index (χ2v) is 4.93. The van der Waals surface area contributed by atoms with Gasteiger partial charge in [-0.3, -0.25) is 9.89 Å². The highest BCUT2D eigenvalue weighted by molar-refractivity contribution is 5.97. The molecule has 5 nitrogen and oxygen atoms in total. The molecule has 0 aliphatic heterocycles. The number of rotatable bonds is 4. The number of nitrogens with two attached hydrogens (primary N) is 1. The predicted octanol–water partition coefficient (Wildman–Crippen LogP) is 2.66. The topological polar surface area (TPSA) is 75.0 Å². The molecule has 0 bridgehead atoms. The molecule has 0 aliphatic rings. The Morgan fingerprint density at radius 2 is 2.05 bits per heavy atom. The van der Waals surface area contributed by atoms with Crippen molar-refractivity contribution < 1.29 is 9.18 Å². The summed E-state index contributed by atoms with van der Waals surface area (Å²) in [5, 5.41) is 6.68. The van der Waals surface area contributed by atoms with E-state index < -0.39 is 0 Å². The summed E-state index contributed by atoms with van der Waals surface area (Å²) in [4.78, 5) is 14.2. The third-order valence-corrected chi connectivity index (χ3v) is 3.62. The molecule has 0 radical (unpaired) electrons. The van der Waals surface area contributed by atoms with Gasteiger partial charge in [0.15, 0.2) is 5.69 Å². The van der Waals surface area contributed by atoms with Crippen LogP contribution in [0.4, 0.5) is 10.1 Å². The minimum atomic E-state index is -0.299. The summed E-state index contributed by atoms with van der Waals surface area (Å²) in [6.45, 7) is 6.04. The lowest BCUT2D eigenvalue weighted by Gasteiger charge is -2.28. The van der Waals surface area contributed by atoms with Gasteiger partial charge in [-0.15, -0.1) is 0 Å². The molecule has 112 valence electrons. The normalized spacial score (nSPS) is 12.2. The van der Waals surface area contributed by atoms with Crippen molar-refractivity contribution in [2.45, 2.75) is 26.8 Å². The molecule has 0 saturated heterocycles. The van der Waals surface area contributed by atoms with Crippen molar-refractivity contribution in [3.05, 3.63) is 47.0 Å². The quantitative estimate of drug-likeness (QED) is 0.909. The molecule has 1 aromatic carbocycles. The van der Waals surface area contributed by atoms with Crippen molar-refractivity contribution in [1.82, 2.24) is 15.1 Å². The zero-order valence-electron chi connectivity index (χ0n) is 12.4. The fraction of sp³-hybridized carbons (Fsp3) is 0.333. The van der Waals surface area contributed by atoms with Gasteiger partial charge in [-0.25, -0.2) is 4.39 Å². The molecule has 0 fully saturated rings. The molecule has 6 heteroatoms. The molecule has 21 heavy (non-hydrogen) atoms. The van der Waals surface area contributed by atoms with E-state index in [2.05, 4.69) is 10.2 Å². The third kappa shape index (κ3) is 2.89. The Bertz CT molecular complexity index is 636. The van der Waals surface area contributed by atoms with Crippen LogP contribution in [0.1, 0.15) is 41.6 Å². The average Bonchev–Trinajstić information content (AvgIpc) is 2.80. The number of hydrogen-bond acceptors (Lipinski definition) is 3. The van der Waals surface area contributed by atoms with E-state index in [0.29, 0.717) is 17.9 Å². The van der Waals surface area contributed by atoms with E-state index in [1.54, 1.807) is 24.0 Å². The van der Waals surface area contributed by atoms with E-state index in [1.165, 1.54) is 12.1 Å². The molecule has 1 atom stereocenters. The first-order valence-electron chi connectivity index (χ1n) is 6.82. The molecule has 0 aliphatic carbocycles. The summed E-state index contributed by atoms with van der Waals surface area (Å²) in [6.07, 6.45) is 0. The molecule has 2 aromatic rings. The first-order valence-corrected chi connectivity index (χ1v) is 6.82. The Kier molecular flexibility index (Phi) is 4.26. The molecule has 2 rings (SSSR count). The highest BCUT2D eigenvalue weighted by Gasteiger charge is 2.25. The van der Waals surface area contributed by atoms with E-state index >= 15 is 0 Å². The van der Waals surface area contributed by atoms with Crippen molar-refractivity contribution in [3.8, 4) is 0 Å². The van der Waals surface area contributed by atoms with Crippen LogP contribution in [-0.4, -0.2) is 27.5 Å². The number of hydrogen-bond donors (Lipinski definition) is 2. The number of carbonyl (C=O) groups is 1. The monoisotopic (exact) mass is 290 g/mol. The SMILES string of the molecule is CCN(C(=O)c1n[nH]c(C)c1N)C(C)c1ccc(F)cc1. The maximum Gasteiger partial charge on any atom is 0.277 e. The van der Waals surface area contributed by atoms with Gasteiger partial charge in [0.25, 0.3) is 5.91 Å². The van der Waals surface area contributed by atoms with Gasteiger partial charge in [0.2, 0.25) is 0 Å². The minimum Gasteiger partial charge on any atom is -0.395 e. The van der Waals surface area contributed by atoms with Crippen molar-refractivity contribution in [2.75, 3.05) is 12.3 Å². The van der Waals surface area contributed by atoms with Gasteiger partial charge in [-0.05, 0) is 38.5 Å². The Labute approximate surface area is 123 Å². The summed E-state index contributed by atoms with van der Waals surface area (Å²) in [6, 6.07) is 5.93. The van der Waals surface area contributed by atoms with E-state index in [4.69, 9.17) is 5.73 Å². The summed E-state index contributed by atoms with van der Waals surface area (Å²) in [5.74, 6) is -0.538. The number of H-pyrrole nitrogens is 1. The van der Waals surface area contributed by atoms with Crippen molar-refractivity contribution in [3.63, 3.8) is 0 Å². The number of aromatic amines is 1. The zero-order chi connectivity index (χ0) is 15.6. The first-order chi connectivity index (χ1) is 9.95. The second-order valence-electron chi connectivity index (χ2n) is 4.93. The molecule has 1 amide bonds. The summed E-state index contributed by atoms with van der Waals surface area (Å²) in [5.41, 5.74) is 7.98. The maximum atomic E-state index is 13.0. The van der Waals surface area contributed by atoms with E-state index in [-0.39, 0.29) is 23.5 Å². The number of anilines is 1. The Hall–Kier alpha value is -2.37. The maximum absolute atomic E-state index is 13.0. The van der Waals surface area contributed by atoms with Gasteiger partial charge in [0.05, 0.1) is 17.4 Å². The standard InChI is InChI=1S/C15H19FN4O/c1-4-20(10(3)11-5-7-12(16)8-6-11)15(21)14-13(17)9(2)18-19-14/h5-8,10H,4,17H2,1-3H3,(H,18,19). The number of halogens is 1. The molecule has 1 unspecified atom stereocenters. The number of nitrogen functional groups attached to an aromatic ring is 1. The lowest BCUT2D eigenvalue weighted by atomic mass is 10.1. The Balaban J connectivity index is 2.28. The van der Waals surface area contributed by atoms with Gasteiger partial charge in [-0.1, -0.05) is 12.1 Å². The van der Waals surface area contributed by atoms with Crippen LogP contribution in [0.25, 0.3) is 0 Å². The fourth-order valence-corrected chi connectivity index (χ4v) is 2.25. The van der Waals surface area contributed by atoms with Crippen molar-refractivity contribution in [2.24, 2.45) is 0 Å². The summed E-state index contributed by atoms with van der Waals surface area (Å²) in [7, 11) is 0. The summed E-state index contributed by atoms with van der Waals surface area (Å²) < 4.78 is 13.0. The third-order valence-electron chi connectivity index (χ3n) is 3.62. The minimum absolute atomic E-state index is 0.195. The highest BCUT2D eigenvalue weighted by Crippen LogP contribution is 2.24. The average molecular weight is 290 g/mol. The van der Waals surface area contributed by atoms with E-state index in [1.807, 2.05) is 13.8 Å². The molecular formula is C15H19FN4O. The lowest BCUT2D eigenvalue weighted by Crippen LogP contribution is -2.34. The molecule has 0 saturated carbocycles. The van der Waals surface area contributed by atoms with Crippen LogP contribution in [0, 0.1) is 12.7 Å². The number of nitrogens with zero attached hydrogens (tertiary/aromatic N) is 2. The largest absolute Gasteiger partial charge is 0.395 e. The lowest BCUT2D eigenvalue weighted by molar-refractivity contribution is 0.0697. The van der Waals surface area contributed by atoms with Crippen LogP contribution >= 0.6 is 0 Å². The van der Waals surface area contributed by atoms with Crippen molar-refractivity contribution >= 4 is 11.6 Å². The molecule has 1 heterocycles. The smallest absolute Gasteiger partial charge is 0.277 e. The van der Waals surface area contributed by atoms with Crippen LogP contribution in [0.15, 0.2) is 24.3 Å². The van der Waals surface area contributed by atoms with Crippen LogP contribution in [0.2, 0.25) is 0 Å². The number of aromatic nitrogens is 2. The van der Waals surface area contributed by atoms with Crippen LogP contribution in [-0.2, 0) is 0 Å². The number of aryl methyl sites for hydroxylation is 1. The van der Waals surface area contributed by atoms with Gasteiger partial charge >= 0.3 is 0 Å². The van der Waals surface area contributed by atoms with Gasteiger partial charge < -0.3 is 10.6 Å². The molecule has 3 N–H and O–H groups in total. The summed E-state index contributed by atoms with van der Waals surface area (Å²) >= 11 is 0. The van der Waals surface area contributed by atoms with Gasteiger partial charge in [-0.2, -0.15) is 5.10 Å². The Morgan fingerprint density at radius 1 is 1.43 bits per heavy atom. The number of carbonyl (C=O) groups excluding carboxylic acids is 1. The molecule has 0 spiro atoms. The number of nitrogens with one attached hydrogen (secondary N) is 1. The van der Waals surface area contributed by atoms with Gasteiger partial charge in [0.1, 0.15) is 5.82 Å². The predicted molar refractivity (Wildman–Crippen MR) is 79.3 cm³/mol. The second kappa shape index (κ2) is 5.95. The molecule has 1 aromatic heterocycles. The van der Waals surface area contributed by atoms with E-state index in [9.17, 15) is 9.18 Å². The number of amides is 1. The van der Waals surface area contributed by atoms with E-state index in [0.717, 1.165) is 5.56 Å². The number of benzene rings is 1. The van der Waals surface area contributed by atoms with Crippen LogP contribution in [0.3, 0.4) is 0 Å². The fourth-order valence-electron chi connectivity index (χ4n) is 2.25. The van der Waals surface area contributed by atoms with Crippen LogP contribution < -0.4 is 5.73 Å². The van der Waals surface area contributed by atoms with Crippen molar-refractivity contribution in [1.29, 1.82) is 0 Å².